The molecular formula is C72H122N2O7P+. The molecule has 0 aliphatic heterocycles. The number of amides is 1. The van der Waals surface area contributed by atoms with E-state index in [1.54, 1.807) is 0 Å². The number of likely N-dealkylation sites (N-methyl/N-ethyl adjacent to an activating group) is 1. The molecule has 9 nitrogen and oxygen atoms in total. The molecule has 3 unspecified atom stereocenters. The Labute approximate surface area is 504 Å². The van der Waals surface area contributed by atoms with Gasteiger partial charge in [0.2, 0.25) is 5.91 Å². The Bertz CT molecular complexity index is 1910. The molecule has 0 radical (unpaired) electrons. The van der Waals surface area contributed by atoms with Gasteiger partial charge in [-0.05, 0) is 115 Å². The second kappa shape index (κ2) is 60.0. The van der Waals surface area contributed by atoms with Crippen molar-refractivity contribution in [3.63, 3.8) is 0 Å². The number of phosphoric ester groups is 1. The maximum Gasteiger partial charge on any atom is 0.472 e. The Hall–Kier alpha value is -4.11. The number of phosphoric acid groups is 1. The van der Waals surface area contributed by atoms with E-state index >= 15 is 0 Å². The third-order valence-corrected chi connectivity index (χ3v) is 14.5. The van der Waals surface area contributed by atoms with E-state index < -0.39 is 20.0 Å². The van der Waals surface area contributed by atoms with Crippen molar-refractivity contribution in [1.82, 2.24) is 5.32 Å². The van der Waals surface area contributed by atoms with Crippen molar-refractivity contribution in [1.29, 1.82) is 0 Å². The number of carbonyl (C=O) groups excluding carboxylic acids is 2. The van der Waals surface area contributed by atoms with Crippen LogP contribution in [0.15, 0.2) is 146 Å². The first kappa shape index (κ1) is 77.9. The van der Waals surface area contributed by atoms with Crippen molar-refractivity contribution in [2.24, 2.45) is 0 Å². The van der Waals surface area contributed by atoms with Gasteiger partial charge in [-0.1, -0.05) is 263 Å². The van der Waals surface area contributed by atoms with Gasteiger partial charge >= 0.3 is 13.8 Å². The number of unbranched alkanes of at least 4 members (excludes halogenated alkanes) is 19. The molecule has 0 rings (SSSR count). The van der Waals surface area contributed by atoms with Crippen molar-refractivity contribution >= 4 is 19.7 Å². The first-order valence-corrected chi connectivity index (χ1v) is 34.2. The van der Waals surface area contributed by atoms with Gasteiger partial charge in [-0.15, -0.1) is 0 Å². The van der Waals surface area contributed by atoms with Crippen LogP contribution in [0, 0.1) is 0 Å². The average molecular weight is 1160 g/mol. The molecule has 0 heterocycles. The maximum atomic E-state index is 13.5. The summed E-state index contributed by atoms with van der Waals surface area (Å²) in [5.41, 5.74) is 0. The Morgan fingerprint density at radius 1 is 0.439 bits per heavy atom. The number of carbonyl (C=O) groups is 2. The summed E-state index contributed by atoms with van der Waals surface area (Å²) in [5.74, 6) is -0.621. The SMILES string of the molecule is CC/C=C\C/C=C\C/C=C\C/C=C\C/C=C\C/C=C\CCCCCCCCCCC(=O)OC(/C=C\CCCCCCCCCCCCC)C(COP(=O)(O)OCC[N+](C)(C)C)NC(=O)CC/C=C/C/C=C/C/C=C/C/C=C/C/C=C/CC. The van der Waals surface area contributed by atoms with E-state index in [4.69, 9.17) is 13.8 Å². The predicted molar refractivity (Wildman–Crippen MR) is 355 cm³/mol. The van der Waals surface area contributed by atoms with Crippen LogP contribution >= 0.6 is 7.82 Å². The molecule has 0 spiro atoms. The third-order valence-electron chi connectivity index (χ3n) is 13.5. The standard InChI is InChI=1S/C72H121N2O7P/c1-7-10-13-16-19-22-25-28-30-32-33-34-35-36-37-38-39-40-41-42-44-47-50-53-56-59-62-65-72(76)81-70(63-60-57-54-51-48-45-27-24-21-18-15-12-9-3)69(68-80-82(77,78)79-67-66-74(4,5)6)73-71(75)64-61-58-55-52-49-46-43-31-29-26-23-20-17-14-11-8-2/h10-11,13-14,19-20,22-23,28-31,33-34,36-37,39-40,46,49,55,58,60,63,69-70H,7-9,12,15-18,21,24-27,32,35,38,41-45,47-48,50-54,56-57,59,61-62,64-68H2,1-6H3,(H-,73,75,77,78)/p+1/b13-10-,14-11+,22-19-,23-20+,30-28-,31-29+,34-33-,37-36-,40-39-,49-46+,58-55+,63-60-. The average Bonchev–Trinajstić information content (AvgIpc) is 3.45. The van der Waals surface area contributed by atoms with Crippen LogP contribution in [0.4, 0.5) is 0 Å². The lowest BCUT2D eigenvalue weighted by Crippen LogP contribution is -2.47. The van der Waals surface area contributed by atoms with Crippen LogP contribution in [0.25, 0.3) is 0 Å². The summed E-state index contributed by atoms with van der Waals surface area (Å²) in [5, 5.41) is 3.00. The molecule has 2 N–H and O–H groups in total. The number of hydrogen-bond donors (Lipinski definition) is 2. The van der Waals surface area contributed by atoms with E-state index in [9.17, 15) is 19.0 Å². The molecule has 0 aromatic heterocycles. The highest BCUT2D eigenvalue weighted by atomic mass is 31.2. The Morgan fingerprint density at radius 3 is 1.20 bits per heavy atom. The van der Waals surface area contributed by atoms with Gasteiger partial charge < -0.3 is 19.4 Å². The summed E-state index contributed by atoms with van der Waals surface area (Å²) in [4.78, 5) is 37.7. The van der Waals surface area contributed by atoms with E-state index in [1.807, 2.05) is 45.4 Å². The minimum Gasteiger partial charge on any atom is -0.456 e. The largest absolute Gasteiger partial charge is 0.472 e. The summed E-state index contributed by atoms with van der Waals surface area (Å²) in [6.07, 6.45) is 87.3. The Morgan fingerprint density at radius 2 is 0.793 bits per heavy atom. The van der Waals surface area contributed by atoms with Gasteiger partial charge in [0.15, 0.2) is 0 Å². The molecule has 1 amide bonds. The smallest absolute Gasteiger partial charge is 0.456 e. The molecular weight excluding hydrogens is 1040 g/mol. The van der Waals surface area contributed by atoms with E-state index in [1.165, 1.54) is 83.5 Å². The van der Waals surface area contributed by atoms with E-state index in [-0.39, 0.29) is 37.9 Å². The van der Waals surface area contributed by atoms with Gasteiger partial charge in [-0.25, -0.2) is 4.57 Å². The van der Waals surface area contributed by atoms with Crippen molar-refractivity contribution in [2.75, 3.05) is 40.9 Å². The number of quaternary nitrogens is 1. The van der Waals surface area contributed by atoms with Crippen LogP contribution in [0.2, 0.25) is 0 Å². The normalized spacial score (nSPS) is 14.6. The summed E-state index contributed by atoms with van der Waals surface area (Å²) < 4.78 is 30.7. The Balaban J connectivity index is 5.26. The van der Waals surface area contributed by atoms with Crippen LogP contribution < -0.4 is 5.32 Å². The van der Waals surface area contributed by atoms with Gasteiger partial charge in [0.25, 0.3) is 0 Å². The highest BCUT2D eigenvalue weighted by Gasteiger charge is 2.30. The summed E-state index contributed by atoms with van der Waals surface area (Å²) in [6, 6.07) is -0.903. The van der Waals surface area contributed by atoms with Gasteiger partial charge in [0.05, 0.1) is 33.8 Å². The minimum absolute atomic E-state index is 0.0178. The second-order valence-electron chi connectivity index (χ2n) is 22.5. The molecule has 0 saturated carbocycles. The lowest BCUT2D eigenvalue weighted by atomic mass is 10.0. The van der Waals surface area contributed by atoms with Crippen LogP contribution in [-0.2, 0) is 27.9 Å². The molecule has 0 bridgehead atoms. The highest BCUT2D eigenvalue weighted by Crippen LogP contribution is 2.43. The molecule has 0 saturated heterocycles. The minimum atomic E-state index is -4.48. The fourth-order valence-electron chi connectivity index (χ4n) is 8.58. The number of allylic oxidation sites excluding steroid dienone is 23. The van der Waals surface area contributed by atoms with Crippen molar-refractivity contribution in [2.45, 2.75) is 258 Å². The quantitative estimate of drug-likeness (QED) is 0.0205. The number of nitrogens with one attached hydrogen (secondary N) is 1. The number of ether oxygens (including phenoxy) is 1. The maximum absolute atomic E-state index is 13.5. The molecule has 0 aromatic carbocycles. The van der Waals surface area contributed by atoms with E-state index in [0.29, 0.717) is 23.9 Å². The first-order valence-electron chi connectivity index (χ1n) is 32.7. The lowest BCUT2D eigenvalue weighted by molar-refractivity contribution is -0.870. The molecule has 3 atom stereocenters. The molecule has 0 aliphatic carbocycles. The molecule has 466 valence electrons. The third kappa shape index (κ3) is 60.5. The van der Waals surface area contributed by atoms with Crippen LogP contribution in [0.3, 0.4) is 0 Å². The van der Waals surface area contributed by atoms with Gasteiger partial charge in [0.1, 0.15) is 19.3 Å². The first-order chi connectivity index (χ1) is 39.9. The number of esters is 1. The summed E-state index contributed by atoms with van der Waals surface area (Å²) in [7, 11) is 1.43. The lowest BCUT2D eigenvalue weighted by Gasteiger charge is -2.27. The zero-order valence-electron chi connectivity index (χ0n) is 53.2. The van der Waals surface area contributed by atoms with Crippen LogP contribution in [0.1, 0.15) is 245 Å². The fraction of sp³-hybridized carbons (Fsp3) is 0.639. The molecule has 0 aromatic rings. The molecule has 82 heavy (non-hydrogen) atoms. The second-order valence-corrected chi connectivity index (χ2v) is 24.0. The Kier molecular flexibility index (Phi) is 57.0. The summed E-state index contributed by atoms with van der Waals surface area (Å²) in [6.45, 7) is 6.71. The number of nitrogens with zero attached hydrogens (tertiary/aromatic N) is 1. The molecule has 0 aliphatic rings. The van der Waals surface area contributed by atoms with E-state index in [2.05, 4.69) is 148 Å². The summed E-state index contributed by atoms with van der Waals surface area (Å²) >= 11 is 0. The monoisotopic (exact) mass is 1160 g/mol. The van der Waals surface area contributed by atoms with Crippen LogP contribution in [-0.4, -0.2) is 74.3 Å². The van der Waals surface area contributed by atoms with Crippen molar-refractivity contribution in [3.05, 3.63) is 146 Å². The van der Waals surface area contributed by atoms with Gasteiger partial charge in [-0.2, -0.15) is 0 Å². The highest BCUT2D eigenvalue weighted by molar-refractivity contribution is 7.47. The number of rotatable bonds is 57. The van der Waals surface area contributed by atoms with Gasteiger partial charge in [-0.3, -0.25) is 18.6 Å². The topological polar surface area (TPSA) is 111 Å². The van der Waals surface area contributed by atoms with E-state index in [0.717, 1.165) is 116 Å². The molecule has 0 fully saturated rings. The zero-order chi connectivity index (χ0) is 60.0. The predicted octanol–water partition coefficient (Wildman–Crippen LogP) is 20.6. The molecule has 10 heteroatoms. The fourth-order valence-corrected chi connectivity index (χ4v) is 9.31. The zero-order valence-corrected chi connectivity index (χ0v) is 54.1. The number of hydrogen-bond acceptors (Lipinski definition) is 6. The van der Waals surface area contributed by atoms with Crippen molar-refractivity contribution in [3.8, 4) is 0 Å². The van der Waals surface area contributed by atoms with Crippen molar-refractivity contribution < 1.29 is 37.3 Å². The van der Waals surface area contributed by atoms with Crippen LogP contribution in [0.5, 0.6) is 0 Å². The van der Waals surface area contributed by atoms with Gasteiger partial charge in [0, 0.05) is 12.8 Å².